The number of ether oxygens (including phenoxy) is 2. The molecule has 1 aromatic carbocycles. The van der Waals surface area contributed by atoms with Crippen LogP contribution >= 0.6 is 22.7 Å². The van der Waals surface area contributed by atoms with Gasteiger partial charge in [-0.25, -0.2) is 0 Å². The molecule has 1 aliphatic heterocycles. The lowest BCUT2D eigenvalue weighted by Crippen LogP contribution is -2.38. The molecule has 0 spiro atoms. The van der Waals surface area contributed by atoms with Crippen molar-refractivity contribution in [3.63, 3.8) is 0 Å². The Morgan fingerprint density at radius 3 is 2.57 bits per heavy atom. The molecule has 144 valence electrons. The zero-order valence-electron chi connectivity index (χ0n) is 15.8. The molecule has 3 aromatic rings. The molecule has 0 N–H and O–H groups in total. The van der Waals surface area contributed by atoms with Gasteiger partial charge in [-0.1, -0.05) is 6.07 Å². The molecule has 0 aliphatic carbocycles. The molecule has 1 amide bonds. The molecule has 1 aliphatic rings. The average Bonchev–Trinajstić information content (AvgIpc) is 3.42. The molecule has 6 heteroatoms. The first-order valence-corrected chi connectivity index (χ1v) is 10.8. The molecular formula is C22H21NO3S2. The number of thiophene rings is 2. The number of amides is 1. The summed E-state index contributed by atoms with van der Waals surface area (Å²) < 4.78 is 10.6. The minimum Gasteiger partial charge on any atom is -0.497 e. The van der Waals surface area contributed by atoms with E-state index in [-0.39, 0.29) is 11.9 Å². The van der Waals surface area contributed by atoms with Crippen molar-refractivity contribution in [3.8, 4) is 11.5 Å². The Morgan fingerprint density at radius 1 is 1.11 bits per heavy atom. The normalized spacial score (nSPS) is 16.2. The number of hydrogen-bond donors (Lipinski definition) is 0. The van der Waals surface area contributed by atoms with Crippen LogP contribution in [-0.2, 0) is 11.2 Å². The van der Waals surface area contributed by atoms with Crippen LogP contribution in [0.2, 0.25) is 0 Å². The fraction of sp³-hybridized carbons (Fsp3) is 0.227. The smallest absolute Gasteiger partial charge is 0.247 e. The zero-order valence-corrected chi connectivity index (χ0v) is 17.4. The van der Waals surface area contributed by atoms with Gasteiger partial charge in [0.1, 0.15) is 11.5 Å². The predicted octanol–water partition coefficient (Wildman–Crippen LogP) is 5.01. The van der Waals surface area contributed by atoms with Gasteiger partial charge in [0.25, 0.3) is 0 Å². The van der Waals surface area contributed by atoms with Gasteiger partial charge in [0.15, 0.2) is 0 Å². The van der Waals surface area contributed by atoms with E-state index in [1.54, 1.807) is 43.0 Å². The summed E-state index contributed by atoms with van der Waals surface area (Å²) in [5.74, 6) is 1.41. The van der Waals surface area contributed by atoms with Gasteiger partial charge < -0.3 is 14.4 Å². The van der Waals surface area contributed by atoms with E-state index in [9.17, 15) is 4.79 Å². The molecule has 0 radical (unpaired) electrons. The van der Waals surface area contributed by atoms with Crippen LogP contribution in [0.3, 0.4) is 0 Å². The summed E-state index contributed by atoms with van der Waals surface area (Å²) in [6.45, 7) is 0.723. The maximum absolute atomic E-state index is 13.1. The topological polar surface area (TPSA) is 38.8 Å². The van der Waals surface area contributed by atoms with Gasteiger partial charge in [-0.15, -0.1) is 22.7 Å². The summed E-state index contributed by atoms with van der Waals surface area (Å²) >= 11 is 3.47. The number of methoxy groups -OCH3 is 2. The Labute approximate surface area is 172 Å². The fourth-order valence-electron chi connectivity index (χ4n) is 3.50. The summed E-state index contributed by atoms with van der Waals surface area (Å²) in [5.41, 5.74) is 2.12. The number of rotatable bonds is 5. The molecule has 4 rings (SSSR count). The second-order valence-corrected chi connectivity index (χ2v) is 8.46. The third kappa shape index (κ3) is 3.70. The minimum absolute atomic E-state index is 0.00741. The largest absolute Gasteiger partial charge is 0.497 e. The van der Waals surface area contributed by atoms with Crippen molar-refractivity contribution >= 4 is 34.7 Å². The average molecular weight is 412 g/mol. The van der Waals surface area contributed by atoms with E-state index in [1.165, 1.54) is 15.3 Å². The molecule has 0 saturated carbocycles. The second kappa shape index (κ2) is 8.20. The maximum atomic E-state index is 13.1. The Hall–Kier alpha value is -2.57. The van der Waals surface area contributed by atoms with E-state index in [2.05, 4.69) is 22.9 Å². The molecule has 2 aromatic heterocycles. The summed E-state index contributed by atoms with van der Waals surface area (Å²) in [4.78, 5) is 17.6. The Bertz CT molecular complexity index is 969. The maximum Gasteiger partial charge on any atom is 0.247 e. The number of hydrogen-bond acceptors (Lipinski definition) is 5. The van der Waals surface area contributed by atoms with Gasteiger partial charge in [0.2, 0.25) is 5.91 Å². The Kier molecular flexibility index (Phi) is 5.50. The zero-order chi connectivity index (χ0) is 19.5. The van der Waals surface area contributed by atoms with Crippen molar-refractivity contribution in [2.24, 2.45) is 0 Å². The molecule has 28 heavy (non-hydrogen) atoms. The van der Waals surface area contributed by atoms with Crippen LogP contribution in [0.25, 0.3) is 6.08 Å². The molecular weight excluding hydrogens is 390 g/mol. The van der Waals surface area contributed by atoms with Crippen molar-refractivity contribution < 1.29 is 14.3 Å². The first kappa shape index (κ1) is 18.8. The fourth-order valence-corrected chi connectivity index (χ4v) is 5.25. The number of carbonyl (C=O) groups is 1. The number of carbonyl (C=O) groups excluding carboxylic acids is 1. The molecule has 1 atom stereocenters. The van der Waals surface area contributed by atoms with Gasteiger partial charge in [0.05, 0.1) is 20.3 Å². The molecule has 0 fully saturated rings. The quantitative estimate of drug-likeness (QED) is 0.554. The van der Waals surface area contributed by atoms with E-state index >= 15 is 0 Å². The van der Waals surface area contributed by atoms with Crippen LogP contribution in [0, 0.1) is 0 Å². The van der Waals surface area contributed by atoms with Crippen molar-refractivity contribution in [1.82, 2.24) is 4.90 Å². The lowest BCUT2D eigenvalue weighted by molar-refractivity contribution is -0.127. The van der Waals surface area contributed by atoms with Crippen molar-refractivity contribution in [2.75, 3.05) is 20.8 Å². The molecule has 0 bridgehead atoms. The van der Waals surface area contributed by atoms with Gasteiger partial charge in [-0.3, -0.25) is 4.79 Å². The van der Waals surface area contributed by atoms with Crippen LogP contribution in [0.15, 0.2) is 53.2 Å². The SMILES string of the molecule is COc1cc(/C=C/C(=O)N2CCc3sccc3C2c2cccs2)cc(OC)c1. The van der Waals surface area contributed by atoms with Crippen LogP contribution in [0.4, 0.5) is 0 Å². The van der Waals surface area contributed by atoms with Gasteiger partial charge in [-0.2, -0.15) is 0 Å². The van der Waals surface area contributed by atoms with E-state index in [0.29, 0.717) is 11.5 Å². The minimum atomic E-state index is -0.00741. The number of nitrogens with zero attached hydrogens (tertiary/aromatic N) is 1. The first-order chi connectivity index (χ1) is 13.7. The van der Waals surface area contributed by atoms with Crippen molar-refractivity contribution in [2.45, 2.75) is 12.5 Å². The summed E-state index contributed by atoms with van der Waals surface area (Å²) in [6, 6.07) is 11.9. The summed E-state index contributed by atoms with van der Waals surface area (Å²) in [7, 11) is 3.23. The highest BCUT2D eigenvalue weighted by molar-refractivity contribution is 7.10. The third-order valence-corrected chi connectivity index (χ3v) is 6.78. The second-order valence-electron chi connectivity index (χ2n) is 6.48. The van der Waals surface area contributed by atoms with Gasteiger partial charge >= 0.3 is 0 Å². The van der Waals surface area contributed by atoms with Gasteiger partial charge in [-0.05, 0) is 58.6 Å². The standard InChI is InChI=1S/C22H21NO3S2/c1-25-16-12-15(13-17(14-16)26-2)5-6-21(24)23-9-7-19-18(8-11-28-19)22(23)20-4-3-10-27-20/h3-6,8,10-14,22H,7,9H2,1-2H3/b6-5+. The van der Waals surface area contributed by atoms with Crippen LogP contribution in [-0.4, -0.2) is 31.6 Å². The lowest BCUT2D eigenvalue weighted by Gasteiger charge is -2.34. The highest BCUT2D eigenvalue weighted by Gasteiger charge is 2.32. The van der Waals surface area contributed by atoms with Crippen LogP contribution < -0.4 is 9.47 Å². The van der Waals surface area contributed by atoms with E-state index in [0.717, 1.165) is 18.5 Å². The van der Waals surface area contributed by atoms with E-state index < -0.39 is 0 Å². The molecule has 1 unspecified atom stereocenters. The van der Waals surface area contributed by atoms with E-state index in [4.69, 9.17) is 9.47 Å². The first-order valence-electron chi connectivity index (χ1n) is 9.01. The number of fused-ring (bicyclic) bond motifs is 1. The highest BCUT2D eigenvalue weighted by atomic mass is 32.1. The predicted molar refractivity (Wildman–Crippen MR) is 114 cm³/mol. The Morgan fingerprint density at radius 2 is 1.89 bits per heavy atom. The monoisotopic (exact) mass is 411 g/mol. The van der Waals surface area contributed by atoms with Gasteiger partial charge in [0, 0.05) is 28.4 Å². The number of benzene rings is 1. The van der Waals surface area contributed by atoms with Crippen LogP contribution in [0.1, 0.15) is 26.9 Å². The molecule has 4 nitrogen and oxygen atoms in total. The highest BCUT2D eigenvalue weighted by Crippen LogP contribution is 2.39. The summed E-state index contributed by atoms with van der Waals surface area (Å²) in [5, 5.41) is 4.19. The Balaban J connectivity index is 1.61. The van der Waals surface area contributed by atoms with E-state index in [1.807, 2.05) is 35.2 Å². The molecule has 3 heterocycles. The van der Waals surface area contributed by atoms with Crippen molar-refractivity contribution in [1.29, 1.82) is 0 Å². The van der Waals surface area contributed by atoms with Crippen molar-refractivity contribution in [3.05, 3.63) is 74.1 Å². The summed E-state index contributed by atoms with van der Waals surface area (Å²) in [6.07, 6.45) is 4.37. The van der Waals surface area contributed by atoms with Crippen LogP contribution in [0.5, 0.6) is 11.5 Å². The third-order valence-electron chi connectivity index (χ3n) is 4.85. The lowest BCUT2D eigenvalue weighted by atomic mass is 9.98. The molecule has 0 saturated heterocycles.